The van der Waals surface area contributed by atoms with Crippen molar-refractivity contribution in [2.45, 2.75) is 69.5 Å². The number of aryl methyl sites for hydroxylation is 1. The summed E-state index contributed by atoms with van der Waals surface area (Å²) >= 11 is 3.40. The van der Waals surface area contributed by atoms with Crippen LogP contribution in [0.25, 0.3) is 0 Å². The summed E-state index contributed by atoms with van der Waals surface area (Å²) in [6, 6.07) is 19.9. The largest absolute Gasteiger partial charge is 0.497 e. The first-order valence-electron chi connectivity index (χ1n) is 14.2. The Morgan fingerprint density at radius 3 is 2.17 bits per heavy atom. The van der Waals surface area contributed by atoms with E-state index in [0.29, 0.717) is 17.9 Å². The van der Waals surface area contributed by atoms with Gasteiger partial charge in [-0.2, -0.15) is 0 Å². The van der Waals surface area contributed by atoms with Crippen LogP contribution >= 0.6 is 15.9 Å². The van der Waals surface area contributed by atoms with Crippen LogP contribution < -0.4 is 14.4 Å². The fourth-order valence-corrected chi connectivity index (χ4v) is 6.87. The minimum Gasteiger partial charge on any atom is -0.497 e. The lowest BCUT2D eigenvalue weighted by atomic mass is 10.1. The number of anilines is 1. The molecule has 4 rings (SSSR count). The summed E-state index contributed by atoms with van der Waals surface area (Å²) in [6.45, 7) is 3.41. The predicted molar refractivity (Wildman–Crippen MR) is 168 cm³/mol. The molecule has 1 atom stereocenters. The van der Waals surface area contributed by atoms with Crippen molar-refractivity contribution in [3.05, 3.63) is 88.4 Å². The lowest BCUT2D eigenvalue weighted by Gasteiger charge is -2.33. The minimum atomic E-state index is -4.11. The van der Waals surface area contributed by atoms with E-state index in [4.69, 9.17) is 4.74 Å². The third-order valence-corrected chi connectivity index (χ3v) is 9.92. The zero-order chi connectivity index (χ0) is 30.3. The van der Waals surface area contributed by atoms with Gasteiger partial charge in [0.15, 0.2) is 0 Å². The van der Waals surface area contributed by atoms with Crippen LogP contribution in [-0.4, -0.2) is 50.9 Å². The summed E-state index contributed by atoms with van der Waals surface area (Å²) in [5.41, 5.74) is 2.07. The predicted octanol–water partition coefficient (Wildman–Crippen LogP) is 5.83. The third-order valence-electron chi connectivity index (χ3n) is 7.60. The van der Waals surface area contributed by atoms with Crippen molar-refractivity contribution in [3.63, 3.8) is 0 Å². The normalized spacial score (nSPS) is 14.3. The van der Waals surface area contributed by atoms with Crippen LogP contribution in [0.1, 0.15) is 50.2 Å². The first-order chi connectivity index (χ1) is 20.1. The van der Waals surface area contributed by atoms with Gasteiger partial charge in [0.2, 0.25) is 11.8 Å². The van der Waals surface area contributed by atoms with Crippen LogP contribution in [0.3, 0.4) is 0 Å². The second-order valence-corrected chi connectivity index (χ2v) is 13.4. The van der Waals surface area contributed by atoms with Gasteiger partial charge in [-0.15, -0.1) is 0 Å². The molecule has 2 amide bonds. The van der Waals surface area contributed by atoms with Crippen LogP contribution in [0.2, 0.25) is 0 Å². The van der Waals surface area contributed by atoms with Crippen molar-refractivity contribution in [1.29, 1.82) is 0 Å². The second kappa shape index (κ2) is 14.2. The van der Waals surface area contributed by atoms with E-state index >= 15 is 0 Å². The Kier molecular flexibility index (Phi) is 10.7. The number of amides is 2. The fraction of sp³-hybridized carbons (Fsp3) is 0.375. The Morgan fingerprint density at radius 1 is 0.976 bits per heavy atom. The standard InChI is InChI=1S/C32H38BrN3O5S/c1-4-30(32(38)34-26-7-5-6-8-26)35(21-24-11-17-28(41-3)18-12-24)31(37)22-36(27-15-13-25(33)14-16-27)42(39,40)29-19-9-23(2)10-20-29/h9-20,26,30H,4-8,21-22H2,1-3H3,(H,34,38)/t30-/m0/s1. The molecule has 1 aliphatic carbocycles. The first-order valence-corrected chi connectivity index (χ1v) is 16.4. The topological polar surface area (TPSA) is 96.0 Å². The van der Waals surface area contributed by atoms with Gasteiger partial charge in [0.1, 0.15) is 18.3 Å². The number of halogens is 1. The van der Waals surface area contributed by atoms with Gasteiger partial charge in [-0.1, -0.05) is 65.5 Å². The molecule has 0 unspecified atom stereocenters. The number of sulfonamides is 1. The van der Waals surface area contributed by atoms with E-state index in [0.717, 1.165) is 45.6 Å². The molecule has 0 aliphatic heterocycles. The lowest BCUT2D eigenvalue weighted by molar-refractivity contribution is -0.140. The highest BCUT2D eigenvalue weighted by Crippen LogP contribution is 2.27. The molecule has 0 aromatic heterocycles. The molecule has 0 saturated heterocycles. The number of carbonyl (C=O) groups excluding carboxylic acids is 2. The summed E-state index contributed by atoms with van der Waals surface area (Å²) in [5.74, 6) is -0.0195. The Morgan fingerprint density at radius 2 is 1.60 bits per heavy atom. The number of ether oxygens (including phenoxy) is 1. The number of hydrogen-bond donors (Lipinski definition) is 1. The first kappa shape index (κ1) is 31.6. The third kappa shape index (κ3) is 7.72. The van der Waals surface area contributed by atoms with Crippen molar-refractivity contribution in [1.82, 2.24) is 10.2 Å². The molecule has 1 aliphatic rings. The van der Waals surface area contributed by atoms with E-state index in [9.17, 15) is 18.0 Å². The molecule has 3 aromatic rings. The summed E-state index contributed by atoms with van der Waals surface area (Å²) in [5, 5.41) is 3.13. The van der Waals surface area contributed by atoms with Crippen molar-refractivity contribution >= 4 is 43.5 Å². The molecule has 10 heteroatoms. The van der Waals surface area contributed by atoms with Gasteiger partial charge in [0.25, 0.3) is 10.0 Å². The number of benzene rings is 3. The van der Waals surface area contributed by atoms with E-state index in [-0.39, 0.29) is 23.4 Å². The van der Waals surface area contributed by atoms with Gasteiger partial charge in [0.05, 0.1) is 17.7 Å². The molecule has 0 bridgehead atoms. The Balaban J connectivity index is 1.70. The number of methoxy groups -OCH3 is 1. The Labute approximate surface area is 257 Å². The maximum atomic E-state index is 14.2. The zero-order valence-electron chi connectivity index (χ0n) is 24.3. The number of carbonyl (C=O) groups is 2. The van der Waals surface area contributed by atoms with Gasteiger partial charge >= 0.3 is 0 Å². The van der Waals surface area contributed by atoms with E-state index < -0.39 is 28.5 Å². The molecule has 0 spiro atoms. The average Bonchev–Trinajstić information content (AvgIpc) is 3.49. The zero-order valence-corrected chi connectivity index (χ0v) is 26.7. The SMILES string of the molecule is CC[C@@H](C(=O)NC1CCCC1)N(Cc1ccc(OC)cc1)C(=O)CN(c1ccc(Br)cc1)S(=O)(=O)c1ccc(C)cc1. The lowest BCUT2D eigenvalue weighted by Crippen LogP contribution is -2.53. The highest BCUT2D eigenvalue weighted by Gasteiger charge is 2.34. The molecule has 3 aromatic carbocycles. The van der Waals surface area contributed by atoms with E-state index in [1.54, 1.807) is 67.8 Å². The van der Waals surface area contributed by atoms with E-state index in [2.05, 4.69) is 21.2 Å². The van der Waals surface area contributed by atoms with Crippen molar-refractivity contribution in [2.24, 2.45) is 0 Å². The molecule has 0 heterocycles. The van der Waals surface area contributed by atoms with E-state index in [1.807, 2.05) is 26.0 Å². The number of hydrogen-bond acceptors (Lipinski definition) is 5. The smallest absolute Gasteiger partial charge is 0.264 e. The summed E-state index contributed by atoms with van der Waals surface area (Å²) in [4.78, 5) is 29.3. The maximum absolute atomic E-state index is 14.2. The van der Waals surface area contributed by atoms with Crippen LogP contribution in [0, 0.1) is 6.92 Å². The average molecular weight is 657 g/mol. The number of nitrogens with zero attached hydrogens (tertiary/aromatic N) is 2. The molecule has 1 fully saturated rings. The Bertz CT molecular complexity index is 1460. The molecule has 224 valence electrons. The van der Waals surface area contributed by atoms with Crippen LogP contribution in [0.5, 0.6) is 5.75 Å². The van der Waals surface area contributed by atoms with Gasteiger partial charge in [-0.3, -0.25) is 13.9 Å². The van der Waals surface area contributed by atoms with Crippen molar-refractivity contribution < 1.29 is 22.7 Å². The van der Waals surface area contributed by atoms with Crippen LogP contribution in [-0.2, 0) is 26.2 Å². The fourth-order valence-electron chi connectivity index (χ4n) is 5.19. The van der Waals surface area contributed by atoms with Gasteiger partial charge in [0, 0.05) is 17.1 Å². The van der Waals surface area contributed by atoms with E-state index in [1.165, 1.54) is 4.90 Å². The highest BCUT2D eigenvalue weighted by atomic mass is 79.9. The molecule has 0 radical (unpaired) electrons. The molecule has 1 saturated carbocycles. The highest BCUT2D eigenvalue weighted by molar-refractivity contribution is 9.10. The Hall–Kier alpha value is -3.37. The number of rotatable bonds is 12. The van der Waals surface area contributed by atoms with Gasteiger partial charge < -0.3 is 15.0 Å². The molecule has 1 N–H and O–H groups in total. The van der Waals surface area contributed by atoms with Gasteiger partial charge in [-0.05, 0) is 80.3 Å². The molecule has 8 nitrogen and oxygen atoms in total. The summed E-state index contributed by atoms with van der Waals surface area (Å²) < 4.78 is 35.1. The monoisotopic (exact) mass is 655 g/mol. The summed E-state index contributed by atoms with van der Waals surface area (Å²) in [7, 11) is -2.53. The minimum absolute atomic E-state index is 0.0801. The molecular formula is C32H38BrN3O5S. The van der Waals surface area contributed by atoms with Crippen molar-refractivity contribution in [3.8, 4) is 5.75 Å². The van der Waals surface area contributed by atoms with Gasteiger partial charge in [-0.25, -0.2) is 8.42 Å². The maximum Gasteiger partial charge on any atom is 0.264 e. The molecule has 42 heavy (non-hydrogen) atoms. The molecular weight excluding hydrogens is 618 g/mol. The summed E-state index contributed by atoms with van der Waals surface area (Å²) in [6.07, 6.45) is 4.34. The quantitative estimate of drug-likeness (QED) is 0.265. The number of nitrogens with one attached hydrogen (secondary N) is 1. The van der Waals surface area contributed by atoms with Crippen LogP contribution in [0.4, 0.5) is 5.69 Å². The van der Waals surface area contributed by atoms with Crippen molar-refractivity contribution in [2.75, 3.05) is 18.0 Å². The van der Waals surface area contributed by atoms with Crippen LogP contribution in [0.15, 0.2) is 82.2 Å². The second-order valence-electron chi connectivity index (χ2n) is 10.6.